The summed E-state index contributed by atoms with van der Waals surface area (Å²) < 4.78 is 0. The van der Waals surface area contributed by atoms with Crippen molar-refractivity contribution in [1.82, 2.24) is 0 Å². The van der Waals surface area contributed by atoms with E-state index in [1.807, 2.05) is 0 Å². The fraction of sp³-hybridized carbons (Fsp3) is 0.647. The molecule has 0 amide bonds. The summed E-state index contributed by atoms with van der Waals surface area (Å²) in [6.45, 7) is 3.14. The van der Waals surface area contributed by atoms with Gasteiger partial charge < -0.3 is 5.73 Å². The van der Waals surface area contributed by atoms with Crippen LogP contribution in [-0.4, -0.2) is 6.54 Å². The third-order valence-corrected chi connectivity index (χ3v) is 4.40. The Morgan fingerprint density at radius 2 is 1.89 bits per heavy atom. The van der Waals surface area contributed by atoms with E-state index in [0.717, 1.165) is 18.4 Å². The van der Waals surface area contributed by atoms with Gasteiger partial charge in [-0.2, -0.15) is 0 Å². The molecule has 0 spiro atoms. The Bertz CT molecular complexity index is 333. The Morgan fingerprint density at radius 1 is 1.17 bits per heavy atom. The molecule has 3 atom stereocenters. The van der Waals surface area contributed by atoms with Crippen LogP contribution in [0.4, 0.5) is 0 Å². The highest BCUT2D eigenvalue weighted by molar-refractivity contribution is 5.15. The lowest BCUT2D eigenvalue weighted by Gasteiger charge is -2.30. The Labute approximate surface area is 112 Å². The van der Waals surface area contributed by atoms with Crippen LogP contribution >= 0.6 is 0 Å². The molecule has 18 heavy (non-hydrogen) atoms. The van der Waals surface area contributed by atoms with Gasteiger partial charge in [0, 0.05) is 0 Å². The lowest BCUT2D eigenvalue weighted by Crippen LogP contribution is -2.21. The summed E-state index contributed by atoms with van der Waals surface area (Å²) in [5, 5.41) is 0. The van der Waals surface area contributed by atoms with Crippen LogP contribution in [0.3, 0.4) is 0 Å². The van der Waals surface area contributed by atoms with Crippen molar-refractivity contribution in [3.05, 3.63) is 35.9 Å². The number of rotatable bonds is 5. The van der Waals surface area contributed by atoms with Gasteiger partial charge in [0.1, 0.15) is 0 Å². The molecule has 1 nitrogen and oxygen atoms in total. The first-order valence-corrected chi connectivity index (χ1v) is 7.52. The highest BCUT2D eigenvalue weighted by Crippen LogP contribution is 2.34. The van der Waals surface area contributed by atoms with Crippen molar-refractivity contribution in [2.24, 2.45) is 23.5 Å². The predicted octanol–water partition coefficient (Wildman–Crippen LogP) is 4.02. The topological polar surface area (TPSA) is 26.0 Å². The van der Waals surface area contributed by atoms with Crippen molar-refractivity contribution in [3.63, 3.8) is 0 Å². The summed E-state index contributed by atoms with van der Waals surface area (Å²) in [6.07, 6.45) is 8.28. The van der Waals surface area contributed by atoms with Crippen molar-refractivity contribution >= 4 is 0 Å². The molecule has 0 saturated heterocycles. The van der Waals surface area contributed by atoms with E-state index in [0.29, 0.717) is 5.92 Å². The maximum absolute atomic E-state index is 5.75. The molecule has 1 aliphatic rings. The van der Waals surface area contributed by atoms with Gasteiger partial charge in [0.2, 0.25) is 0 Å². The molecule has 2 N–H and O–H groups in total. The first kappa shape index (κ1) is 13.6. The van der Waals surface area contributed by atoms with Crippen molar-refractivity contribution in [2.75, 3.05) is 6.54 Å². The molecule has 1 aromatic carbocycles. The van der Waals surface area contributed by atoms with E-state index in [4.69, 9.17) is 5.73 Å². The molecule has 0 aromatic heterocycles. The molecule has 3 unspecified atom stereocenters. The van der Waals surface area contributed by atoms with Crippen molar-refractivity contribution in [2.45, 2.75) is 45.4 Å². The van der Waals surface area contributed by atoms with E-state index in [9.17, 15) is 0 Å². The monoisotopic (exact) mass is 245 g/mol. The Morgan fingerprint density at radius 3 is 2.61 bits per heavy atom. The summed E-state index contributed by atoms with van der Waals surface area (Å²) in [6, 6.07) is 11.0. The largest absolute Gasteiger partial charge is 0.330 e. The van der Waals surface area contributed by atoms with E-state index < -0.39 is 0 Å². The van der Waals surface area contributed by atoms with Gasteiger partial charge in [-0.15, -0.1) is 0 Å². The molecule has 0 radical (unpaired) electrons. The molecule has 1 aliphatic carbocycles. The van der Waals surface area contributed by atoms with E-state index in [-0.39, 0.29) is 0 Å². The molecule has 1 heteroatoms. The maximum Gasteiger partial charge on any atom is -0.00514 e. The molecule has 0 heterocycles. The molecule has 1 fully saturated rings. The van der Waals surface area contributed by atoms with E-state index in [2.05, 4.69) is 37.3 Å². The third-order valence-electron chi connectivity index (χ3n) is 4.40. The van der Waals surface area contributed by atoms with Crippen LogP contribution in [0.15, 0.2) is 30.3 Å². The molecular formula is C17H27N. The Balaban J connectivity index is 1.83. The zero-order valence-electron chi connectivity index (χ0n) is 11.6. The molecule has 2 rings (SSSR count). The van der Waals surface area contributed by atoms with Gasteiger partial charge in [-0.25, -0.2) is 0 Å². The van der Waals surface area contributed by atoms with Crippen LogP contribution in [0.2, 0.25) is 0 Å². The van der Waals surface area contributed by atoms with Gasteiger partial charge in [0.15, 0.2) is 0 Å². The third kappa shape index (κ3) is 4.13. The number of benzene rings is 1. The summed E-state index contributed by atoms with van der Waals surface area (Å²) in [4.78, 5) is 0. The Kier molecular flexibility index (Phi) is 5.25. The van der Waals surface area contributed by atoms with Crippen LogP contribution in [0.5, 0.6) is 0 Å². The molecule has 1 saturated carbocycles. The van der Waals surface area contributed by atoms with Gasteiger partial charge in [0.25, 0.3) is 0 Å². The van der Waals surface area contributed by atoms with Gasteiger partial charge >= 0.3 is 0 Å². The van der Waals surface area contributed by atoms with Crippen LogP contribution < -0.4 is 5.73 Å². The minimum Gasteiger partial charge on any atom is -0.330 e. The van der Waals surface area contributed by atoms with Crippen LogP contribution in [0.25, 0.3) is 0 Å². The standard InChI is InChI=1S/C17H27N/c1-14(13-18)10-16-8-5-9-17(12-16)11-15-6-3-2-4-7-15/h2-4,6-7,14,16-17H,5,8-13,18H2,1H3. The minimum absolute atomic E-state index is 0.700. The van der Waals surface area contributed by atoms with Gasteiger partial charge in [-0.3, -0.25) is 0 Å². The highest BCUT2D eigenvalue weighted by Gasteiger charge is 2.23. The summed E-state index contributed by atoms with van der Waals surface area (Å²) in [5.41, 5.74) is 7.26. The van der Waals surface area contributed by atoms with Gasteiger partial charge in [-0.05, 0) is 49.1 Å². The maximum atomic E-state index is 5.75. The second-order valence-electron chi connectivity index (χ2n) is 6.16. The minimum atomic E-state index is 0.700. The fourth-order valence-corrected chi connectivity index (χ4v) is 3.41. The number of nitrogens with two attached hydrogens (primary N) is 1. The second-order valence-corrected chi connectivity index (χ2v) is 6.16. The van der Waals surface area contributed by atoms with Crippen LogP contribution in [0.1, 0.15) is 44.6 Å². The Hall–Kier alpha value is -0.820. The lowest BCUT2D eigenvalue weighted by atomic mass is 9.75. The average molecular weight is 245 g/mol. The lowest BCUT2D eigenvalue weighted by molar-refractivity contribution is 0.232. The van der Waals surface area contributed by atoms with Gasteiger partial charge in [0.05, 0.1) is 0 Å². The molecule has 1 aromatic rings. The number of hydrogen-bond acceptors (Lipinski definition) is 1. The van der Waals surface area contributed by atoms with E-state index in [1.165, 1.54) is 44.1 Å². The molecule has 0 aliphatic heterocycles. The summed E-state index contributed by atoms with van der Waals surface area (Å²) >= 11 is 0. The molecular weight excluding hydrogens is 218 g/mol. The summed E-state index contributed by atoms with van der Waals surface area (Å²) in [5.74, 6) is 2.52. The van der Waals surface area contributed by atoms with Crippen LogP contribution in [-0.2, 0) is 6.42 Å². The molecule has 100 valence electrons. The average Bonchev–Trinajstić information content (AvgIpc) is 2.40. The first-order valence-electron chi connectivity index (χ1n) is 7.52. The smallest absolute Gasteiger partial charge is 0.00514 e. The summed E-state index contributed by atoms with van der Waals surface area (Å²) in [7, 11) is 0. The molecule has 0 bridgehead atoms. The SMILES string of the molecule is CC(CN)CC1CCCC(Cc2ccccc2)C1. The van der Waals surface area contributed by atoms with Gasteiger partial charge in [-0.1, -0.05) is 56.5 Å². The predicted molar refractivity (Wildman–Crippen MR) is 78.4 cm³/mol. The highest BCUT2D eigenvalue weighted by atomic mass is 14.5. The van der Waals surface area contributed by atoms with Crippen molar-refractivity contribution in [3.8, 4) is 0 Å². The van der Waals surface area contributed by atoms with Crippen LogP contribution in [0, 0.1) is 17.8 Å². The quantitative estimate of drug-likeness (QED) is 0.833. The zero-order chi connectivity index (χ0) is 12.8. The van der Waals surface area contributed by atoms with Crippen molar-refractivity contribution < 1.29 is 0 Å². The van der Waals surface area contributed by atoms with Crippen molar-refractivity contribution in [1.29, 1.82) is 0 Å². The van der Waals surface area contributed by atoms with E-state index >= 15 is 0 Å². The number of hydrogen-bond donors (Lipinski definition) is 1. The van der Waals surface area contributed by atoms with E-state index in [1.54, 1.807) is 0 Å². The zero-order valence-corrected chi connectivity index (χ0v) is 11.6. The normalized spacial score (nSPS) is 25.9. The second kappa shape index (κ2) is 6.94. The first-order chi connectivity index (χ1) is 8.78. The fourth-order valence-electron chi connectivity index (χ4n) is 3.41.